The number of piperidine rings is 1. The van der Waals surface area contributed by atoms with E-state index in [4.69, 9.17) is 17.3 Å². The van der Waals surface area contributed by atoms with Crippen molar-refractivity contribution in [3.63, 3.8) is 0 Å². The Bertz CT molecular complexity index is 539. The van der Waals surface area contributed by atoms with Crippen molar-refractivity contribution in [1.29, 1.82) is 0 Å². The third-order valence-electron chi connectivity index (χ3n) is 3.81. The highest BCUT2D eigenvalue weighted by atomic mass is 35.5. The SMILES string of the molecule is CC(C)(N)CN1CCC(C(=O)Nc2cc(Cl)ccc2O)CC1.Cl. The summed E-state index contributed by atoms with van der Waals surface area (Å²) in [4.78, 5) is 14.6. The summed E-state index contributed by atoms with van der Waals surface area (Å²) in [5.41, 5.74) is 6.18. The van der Waals surface area contributed by atoms with Crippen molar-refractivity contribution < 1.29 is 9.90 Å². The van der Waals surface area contributed by atoms with Gasteiger partial charge in [-0.05, 0) is 58.0 Å². The fourth-order valence-corrected chi connectivity index (χ4v) is 2.94. The number of phenolic OH excluding ortho intramolecular Hbond substituents is 1. The first-order valence-corrected chi connectivity index (χ1v) is 7.93. The van der Waals surface area contributed by atoms with Crippen LogP contribution in [0.15, 0.2) is 18.2 Å². The lowest BCUT2D eigenvalue weighted by atomic mass is 9.94. The molecule has 0 unspecified atom stereocenters. The van der Waals surface area contributed by atoms with E-state index in [2.05, 4.69) is 10.2 Å². The lowest BCUT2D eigenvalue weighted by Gasteiger charge is -2.35. The maximum Gasteiger partial charge on any atom is 0.227 e. The molecule has 1 aliphatic heterocycles. The Morgan fingerprint density at radius 3 is 2.61 bits per heavy atom. The van der Waals surface area contributed by atoms with Crippen molar-refractivity contribution in [2.24, 2.45) is 11.7 Å². The maximum atomic E-state index is 12.3. The molecule has 1 saturated heterocycles. The molecule has 130 valence electrons. The van der Waals surface area contributed by atoms with Crippen LogP contribution in [0.1, 0.15) is 26.7 Å². The summed E-state index contributed by atoms with van der Waals surface area (Å²) in [6, 6.07) is 4.62. The molecule has 1 aliphatic rings. The molecule has 23 heavy (non-hydrogen) atoms. The number of nitrogens with zero attached hydrogens (tertiary/aromatic N) is 1. The Labute approximate surface area is 148 Å². The van der Waals surface area contributed by atoms with Crippen molar-refractivity contribution in [3.8, 4) is 5.75 Å². The second kappa shape index (κ2) is 8.20. The quantitative estimate of drug-likeness (QED) is 0.720. The summed E-state index contributed by atoms with van der Waals surface area (Å²) >= 11 is 5.89. The predicted molar refractivity (Wildman–Crippen MR) is 96.4 cm³/mol. The lowest BCUT2D eigenvalue weighted by Crippen LogP contribution is -2.48. The van der Waals surface area contributed by atoms with Crippen LogP contribution in [0.25, 0.3) is 0 Å². The average molecular weight is 362 g/mol. The Kier molecular flexibility index (Phi) is 7.14. The summed E-state index contributed by atoms with van der Waals surface area (Å²) in [5, 5.41) is 13.0. The van der Waals surface area contributed by atoms with Gasteiger partial charge in [-0.25, -0.2) is 0 Å². The van der Waals surface area contributed by atoms with Crippen LogP contribution in [0.2, 0.25) is 5.02 Å². The highest BCUT2D eigenvalue weighted by Crippen LogP contribution is 2.28. The Morgan fingerprint density at radius 1 is 1.43 bits per heavy atom. The number of amides is 1. The van der Waals surface area contributed by atoms with E-state index in [0.29, 0.717) is 10.7 Å². The van der Waals surface area contributed by atoms with Gasteiger partial charge in [0.25, 0.3) is 0 Å². The summed E-state index contributed by atoms with van der Waals surface area (Å²) < 4.78 is 0. The molecule has 2 rings (SSSR count). The molecule has 0 aliphatic carbocycles. The number of nitrogens with one attached hydrogen (secondary N) is 1. The number of nitrogens with two attached hydrogens (primary N) is 1. The largest absolute Gasteiger partial charge is 0.506 e. The highest BCUT2D eigenvalue weighted by molar-refractivity contribution is 6.31. The fraction of sp³-hybridized carbons (Fsp3) is 0.562. The van der Waals surface area contributed by atoms with E-state index in [1.807, 2.05) is 13.8 Å². The van der Waals surface area contributed by atoms with Crippen LogP contribution in [0.5, 0.6) is 5.75 Å². The molecule has 7 heteroatoms. The minimum absolute atomic E-state index is 0. The first-order valence-electron chi connectivity index (χ1n) is 7.55. The summed E-state index contributed by atoms with van der Waals surface area (Å²) in [7, 11) is 0. The van der Waals surface area contributed by atoms with E-state index >= 15 is 0 Å². The number of carbonyl (C=O) groups is 1. The van der Waals surface area contributed by atoms with Gasteiger partial charge < -0.3 is 21.1 Å². The summed E-state index contributed by atoms with van der Waals surface area (Å²) in [5.74, 6) is -0.0835. The Morgan fingerprint density at radius 2 is 2.04 bits per heavy atom. The maximum absolute atomic E-state index is 12.3. The predicted octanol–water partition coefficient (Wildman–Crippen LogP) is 2.86. The van der Waals surface area contributed by atoms with Gasteiger partial charge in [-0.3, -0.25) is 4.79 Å². The van der Waals surface area contributed by atoms with Crippen LogP contribution in [-0.2, 0) is 4.79 Å². The van der Waals surface area contributed by atoms with E-state index in [-0.39, 0.29) is 35.5 Å². The van der Waals surface area contributed by atoms with Crippen LogP contribution in [0, 0.1) is 5.92 Å². The summed E-state index contributed by atoms with van der Waals surface area (Å²) in [6.07, 6.45) is 1.59. The molecule has 5 nitrogen and oxygen atoms in total. The fourth-order valence-electron chi connectivity index (χ4n) is 2.77. The zero-order valence-electron chi connectivity index (χ0n) is 13.5. The third-order valence-corrected chi connectivity index (χ3v) is 4.04. The van der Waals surface area contributed by atoms with E-state index in [1.165, 1.54) is 6.07 Å². The van der Waals surface area contributed by atoms with Gasteiger partial charge in [-0.1, -0.05) is 11.6 Å². The molecular weight excluding hydrogens is 337 g/mol. The molecule has 0 atom stereocenters. The van der Waals surface area contributed by atoms with Gasteiger partial charge in [-0.2, -0.15) is 0 Å². The minimum Gasteiger partial charge on any atom is -0.506 e. The van der Waals surface area contributed by atoms with E-state index in [1.54, 1.807) is 12.1 Å². The van der Waals surface area contributed by atoms with Crippen LogP contribution in [0.3, 0.4) is 0 Å². The molecule has 1 heterocycles. The molecule has 0 spiro atoms. The van der Waals surface area contributed by atoms with Gasteiger partial charge in [0.2, 0.25) is 5.91 Å². The van der Waals surface area contributed by atoms with E-state index < -0.39 is 0 Å². The summed E-state index contributed by atoms with van der Waals surface area (Å²) in [6.45, 7) is 6.57. The number of hydrogen-bond acceptors (Lipinski definition) is 4. The zero-order chi connectivity index (χ0) is 16.3. The Balaban J connectivity index is 0.00000264. The number of anilines is 1. The van der Waals surface area contributed by atoms with Crippen molar-refractivity contribution in [3.05, 3.63) is 23.2 Å². The van der Waals surface area contributed by atoms with Gasteiger partial charge in [-0.15, -0.1) is 12.4 Å². The van der Waals surface area contributed by atoms with Crippen LogP contribution < -0.4 is 11.1 Å². The normalized spacial score (nSPS) is 16.7. The van der Waals surface area contributed by atoms with Crippen LogP contribution in [0.4, 0.5) is 5.69 Å². The molecule has 0 radical (unpaired) electrons. The number of benzene rings is 1. The van der Waals surface area contributed by atoms with Gasteiger partial charge in [0, 0.05) is 23.0 Å². The van der Waals surface area contributed by atoms with Crippen molar-refractivity contribution in [2.45, 2.75) is 32.2 Å². The minimum atomic E-state index is -0.221. The number of likely N-dealkylation sites (tertiary alicyclic amines) is 1. The molecule has 1 aromatic rings. The molecule has 1 aromatic carbocycles. The second-order valence-electron chi connectivity index (χ2n) is 6.69. The zero-order valence-corrected chi connectivity index (χ0v) is 15.1. The molecular formula is C16H25Cl2N3O2. The first-order chi connectivity index (χ1) is 10.2. The smallest absolute Gasteiger partial charge is 0.227 e. The molecule has 1 fully saturated rings. The van der Waals surface area contributed by atoms with E-state index in [0.717, 1.165) is 32.5 Å². The Hall–Kier alpha value is -1.01. The van der Waals surface area contributed by atoms with Crippen molar-refractivity contribution >= 4 is 35.6 Å². The van der Waals surface area contributed by atoms with Gasteiger partial charge in [0.05, 0.1) is 5.69 Å². The van der Waals surface area contributed by atoms with Gasteiger partial charge in [0.15, 0.2) is 0 Å². The standard InChI is InChI=1S/C16H24ClN3O2.ClH/c1-16(2,18)10-20-7-5-11(6-8-20)15(22)19-13-9-12(17)3-4-14(13)21;/h3-4,9,11,21H,5-8,10,18H2,1-2H3,(H,19,22);1H. The first kappa shape index (κ1) is 20.0. The van der Waals surface area contributed by atoms with Crippen molar-refractivity contribution in [2.75, 3.05) is 25.0 Å². The number of aromatic hydroxyl groups is 1. The van der Waals surface area contributed by atoms with Gasteiger partial charge in [0.1, 0.15) is 5.75 Å². The molecule has 1 amide bonds. The highest BCUT2D eigenvalue weighted by Gasteiger charge is 2.27. The molecule has 0 saturated carbocycles. The number of halogens is 2. The third kappa shape index (κ3) is 6.18. The molecule has 0 bridgehead atoms. The lowest BCUT2D eigenvalue weighted by molar-refractivity contribution is -0.121. The second-order valence-corrected chi connectivity index (χ2v) is 7.13. The number of hydrogen-bond donors (Lipinski definition) is 3. The van der Waals surface area contributed by atoms with Crippen LogP contribution >= 0.6 is 24.0 Å². The van der Waals surface area contributed by atoms with Crippen molar-refractivity contribution in [1.82, 2.24) is 4.90 Å². The molecule has 4 N–H and O–H groups in total. The number of phenols is 1. The molecule has 0 aromatic heterocycles. The van der Waals surface area contributed by atoms with E-state index in [9.17, 15) is 9.90 Å². The topological polar surface area (TPSA) is 78.6 Å². The monoisotopic (exact) mass is 361 g/mol. The average Bonchev–Trinajstić information content (AvgIpc) is 2.42. The van der Waals surface area contributed by atoms with Crippen LogP contribution in [-0.4, -0.2) is 41.1 Å². The number of carbonyl (C=O) groups excluding carboxylic acids is 1. The van der Waals surface area contributed by atoms with Gasteiger partial charge >= 0.3 is 0 Å². The number of rotatable bonds is 4.